The SMILES string of the molecule is O=C(OCc1ccccc1)N1CCN(C(=O)C2CCC(O)CC2)CC1. The van der Waals surface area contributed by atoms with Gasteiger partial charge in [-0.05, 0) is 31.2 Å². The average Bonchev–Trinajstić information content (AvgIpc) is 2.67. The zero-order valence-electron chi connectivity index (χ0n) is 14.5. The van der Waals surface area contributed by atoms with Gasteiger partial charge in [0.25, 0.3) is 0 Å². The van der Waals surface area contributed by atoms with E-state index in [9.17, 15) is 14.7 Å². The lowest BCUT2D eigenvalue weighted by atomic mass is 9.86. The Bertz CT molecular complexity index is 576. The molecule has 1 aromatic carbocycles. The number of carbonyl (C=O) groups excluding carboxylic acids is 2. The first-order valence-electron chi connectivity index (χ1n) is 9.06. The summed E-state index contributed by atoms with van der Waals surface area (Å²) in [4.78, 5) is 28.2. The van der Waals surface area contributed by atoms with E-state index in [0.29, 0.717) is 39.0 Å². The maximum absolute atomic E-state index is 12.6. The molecular formula is C19H26N2O4. The van der Waals surface area contributed by atoms with E-state index >= 15 is 0 Å². The van der Waals surface area contributed by atoms with Crippen LogP contribution in [0.4, 0.5) is 4.79 Å². The zero-order chi connectivity index (χ0) is 17.6. The van der Waals surface area contributed by atoms with E-state index in [2.05, 4.69) is 0 Å². The molecule has 6 nitrogen and oxygen atoms in total. The summed E-state index contributed by atoms with van der Waals surface area (Å²) in [7, 11) is 0. The van der Waals surface area contributed by atoms with Crippen molar-refractivity contribution in [3.05, 3.63) is 35.9 Å². The number of aliphatic hydroxyl groups excluding tert-OH is 1. The third-order valence-electron chi connectivity index (χ3n) is 5.10. The van der Waals surface area contributed by atoms with Crippen molar-refractivity contribution < 1.29 is 19.4 Å². The van der Waals surface area contributed by atoms with E-state index in [0.717, 1.165) is 18.4 Å². The molecule has 0 spiro atoms. The molecule has 0 atom stereocenters. The van der Waals surface area contributed by atoms with Gasteiger partial charge in [0.2, 0.25) is 5.91 Å². The van der Waals surface area contributed by atoms with Gasteiger partial charge < -0.3 is 19.6 Å². The van der Waals surface area contributed by atoms with E-state index in [1.165, 1.54) is 0 Å². The molecule has 2 fully saturated rings. The number of amides is 2. The largest absolute Gasteiger partial charge is 0.445 e. The third kappa shape index (κ3) is 4.72. The second-order valence-corrected chi connectivity index (χ2v) is 6.86. The first kappa shape index (κ1) is 17.7. The van der Waals surface area contributed by atoms with Crippen molar-refractivity contribution in [2.45, 2.75) is 38.4 Å². The molecule has 1 aromatic rings. The van der Waals surface area contributed by atoms with Crippen molar-refractivity contribution in [2.24, 2.45) is 5.92 Å². The van der Waals surface area contributed by atoms with E-state index in [-0.39, 0.29) is 30.6 Å². The number of benzene rings is 1. The lowest BCUT2D eigenvalue weighted by Gasteiger charge is -2.37. The number of hydrogen-bond acceptors (Lipinski definition) is 4. The van der Waals surface area contributed by atoms with Gasteiger partial charge in [0, 0.05) is 32.1 Å². The number of ether oxygens (including phenoxy) is 1. The molecule has 2 aliphatic rings. The fraction of sp³-hybridized carbons (Fsp3) is 0.579. The highest BCUT2D eigenvalue weighted by Gasteiger charge is 2.31. The molecule has 136 valence electrons. The quantitative estimate of drug-likeness (QED) is 0.909. The smallest absolute Gasteiger partial charge is 0.410 e. The number of hydrogen-bond donors (Lipinski definition) is 1. The van der Waals surface area contributed by atoms with Crippen molar-refractivity contribution >= 4 is 12.0 Å². The van der Waals surface area contributed by atoms with E-state index in [4.69, 9.17) is 4.74 Å². The number of carbonyl (C=O) groups is 2. The molecule has 0 bridgehead atoms. The van der Waals surface area contributed by atoms with Crippen LogP contribution in [0.1, 0.15) is 31.2 Å². The summed E-state index contributed by atoms with van der Waals surface area (Å²) in [6.07, 6.45) is 2.38. The molecule has 1 heterocycles. The van der Waals surface area contributed by atoms with E-state index < -0.39 is 0 Å². The summed E-state index contributed by atoms with van der Waals surface area (Å²) in [5, 5.41) is 9.56. The maximum atomic E-state index is 12.6. The van der Waals surface area contributed by atoms with Crippen LogP contribution in [0.25, 0.3) is 0 Å². The van der Waals surface area contributed by atoms with Gasteiger partial charge in [-0.2, -0.15) is 0 Å². The molecule has 1 aliphatic heterocycles. The lowest BCUT2D eigenvalue weighted by Crippen LogP contribution is -2.52. The standard InChI is InChI=1S/C19H26N2O4/c22-17-8-6-16(7-9-17)18(23)20-10-12-21(13-11-20)19(24)25-14-15-4-2-1-3-5-15/h1-5,16-17,22H,6-14H2. The molecule has 1 saturated carbocycles. The average molecular weight is 346 g/mol. The second-order valence-electron chi connectivity index (χ2n) is 6.86. The summed E-state index contributed by atoms with van der Waals surface area (Å²) < 4.78 is 5.35. The number of piperazine rings is 1. The fourth-order valence-electron chi connectivity index (χ4n) is 3.50. The van der Waals surface area contributed by atoms with E-state index in [1.807, 2.05) is 35.2 Å². The molecule has 1 N–H and O–H groups in total. The summed E-state index contributed by atoms with van der Waals surface area (Å²) in [5.74, 6) is 0.198. The molecular weight excluding hydrogens is 320 g/mol. The molecule has 6 heteroatoms. The molecule has 25 heavy (non-hydrogen) atoms. The highest BCUT2D eigenvalue weighted by atomic mass is 16.6. The van der Waals surface area contributed by atoms with Crippen LogP contribution >= 0.6 is 0 Å². The Morgan fingerprint density at radius 2 is 1.56 bits per heavy atom. The highest BCUT2D eigenvalue weighted by Crippen LogP contribution is 2.26. The van der Waals surface area contributed by atoms with Crippen molar-refractivity contribution in [1.29, 1.82) is 0 Å². The molecule has 0 unspecified atom stereocenters. The van der Waals surface area contributed by atoms with Crippen LogP contribution < -0.4 is 0 Å². The van der Waals surface area contributed by atoms with Gasteiger partial charge in [-0.3, -0.25) is 4.79 Å². The molecule has 3 rings (SSSR count). The molecule has 0 aromatic heterocycles. The zero-order valence-corrected chi connectivity index (χ0v) is 14.5. The lowest BCUT2D eigenvalue weighted by molar-refractivity contribution is -0.138. The van der Waals surface area contributed by atoms with Gasteiger partial charge in [-0.25, -0.2) is 4.79 Å². The predicted molar refractivity (Wildman–Crippen MR) is 92.7 cm³/mol. The normalized spacial score (nSPS) is 24.0. The summed E-state index contributed by atoms with van der Waals surface area (Å²) >= 11 is 0. The van der Waals surface area contributed by atoms with Crippen LogP contribution in [0, 0.1) is 5.92 Å². The van der Waals surface area contributed by atoms with Gasteiger partial charge in [-0.1, -0.05) is 30.3 Å². The Balaban J connectivity index is 1.42. The predicted octanol–water partition coefficient (Wildman–Crippen LogP) is 2.02. The Morgan fingerprint density at radius 3 is 2.20 bits per heavy atom. The monoisotopic (exact) mass is 346 g/mol. The number of rotatable bonds is 3. The topological polar surface area (TPSA) is 70.1 Å². The van der Waals surface area contributed by atoms with Crippen molar-refractivity contribution in [3.63, 3.8) is 0 Å². The Kier molecular flexibility index (Phi) is 5.91. The Morgan fingerprint density at radius 1 is 0.960 bits per heavy atom. The molecule has 1 aliphatic carbocycles. The molecule has 0 radical (unpaired) electrons. The van der Waals surface area contributed by atoms with Crippen molar-refractivity contribution in [2.75, 3.05) is 26.2 Å². The maximum Gasteiger partial charge on any atom is 0.410 e. The highest BCUT2D eigenvalue weighted by molar-refractivity contribution is 5.79. The fourth-order valence-corrected chi connectivity index (χ4v) is 3.50. The minimum atomic E-state index is -0.322. The van der Waals surface area contributed by atoms with Gasteiger partial charge in [0.15, 0.2) is 0 Å². The molecule has 2 amide bonds. The van der Waals surface area contributed by atoms with Gasteiger partial charge >= 0.3 is 6.09 Å². The third-order valence-corrected chi connectivity index (χ3v) is 5.10. The Hall–Kier alpha value is -2.08. The summed E-state index contributed by atoms with van der Waals surface area (Å²) in [6.45, 7) is 2.39. The van der Waals surface area contributed by atoms with Crippen molar-refractivity contribution in [1.82, 2.24) is 9.80 Å². The number of nitrogens with zero attached hydrogens (tertiary/aromatic N) is 2. The number of aliphatic hydroxyl groups is 1. The van der Waals surface area contributed by atoms with Crippen LogP contribution in [0.2, 0.25) is 0 Å². The van der Waals surface area contributed by atoms with Crippen LogP contribution in [-0.2, 0) is 16.1 Å². The Labute approximate surface area is 148 Å². The van der Waals surface area contributed by atoms with E-state index in [1.54, 1.807) is 4.90 Å². The summed E-state index contributed by atoms with van der Waals surface area (Å²) in [6, 6.07) is 9.60. The molecule has 1 saturated heterocycles. The first-order chi connectivity index (χ1) is 12.1. The van der Waals surface area contributed by atoms with Crippen LogP contribution in [0.15, 0.2) is 30.3 Å². The first-order valence-corrected chi connectivity index (χ1v) is 9.06. The van der Waals surface area contributed by atoms with Gasteiger partial charge in [-0.15, -0.1) is 0 Å². The minimum Gasteiger partial charge on any atom is -0.445 e. The summed E-state index contributed by atoms with van der Waals surface area (Å²) in [5.41, 5.74) is 0.962. The van der Waals surface area contributed by atoms with Crippen molar-refractivity contribution in [3.8, 4) is 0 Å². The minimum absolute atomic E-state index is 0.0278. The van der Waals surface area contributed by atoms with Gasteiger partial charge in [0.1, 0.15) is 6.61 Å². The van der Waals surface area contributed by atoms with Crippen LogP contribution in [-0.4, -0.2) is 59.2 Å². The van der Waals surface area contributed by atoms with Crippen LogP contribution in [0.5, 0.6) is 0 Å². The second kappa shape index (κ2) is 8.34. The van der Waals surface area contributed by atoms with Gasteiger partial charge in [0.05, 0.1) is 6.10 Å². The van der Waals surface area contributed by atoms with Crippen LogP contribution in [0.3, 0.4) is 0 Å².